The van der Waals surface area contributed by atoms with Crippen LogP contribution in [0.25, 0.3) is 0 Å². The highest BCUT2D eigenvalue weighted by Crippen LogP contribution is 2.25. The minimum atomic E-state index is 0.0379. The number of hydrogen-bond donors (Lipinski definition) is 2. The van der Waals surface area contributed by atoms with E-state index in [1.165, 1.54) is 5.56 Å². The number of rotatable bonds is 9. The molecule has 0 unspecified atom stereocenters. The van der Waals surface area contributed by atoms with Crippen LogP contribution in [0.2, 0.25) is 0 Å². The Kier molecular flexibility index (Phi) is 8.38. The van der Waals surface area contributed by atoms with Gasteiger partial charge in [0.05, 0.1) is 6.54 Å². The van der Waals surface area contributed by atoms with Crippen LogP contribution in [0.3, 0.4) is 0 Å². The fraction of sp³-hybridized carbons (Fsp3) is 0.562. The molecule has 4 nitrogen and oxygen atoms in total. The van der Waals surface area contributed by atoms with Gasteiger partial charge in [-0.05, 0) is 37.1 Å². The van der Waals surface area contributed by atoms with Gasteiger partial charge in [0, 0.05) is 30.3 Å². The zero-order valence-corrected chi connectivity index (χ0v) is 14.8. The number of anilines is 1. The summed E-state index contributed by atoms with van der Waals surface area (Å²) in [6, 6.07) is 6.27. The lowest BCUT2D eigenvalue weighted by Crippen LogP contribution is -2.37. The van der Waals surface area contributed by atoms with E-state index in [1.807, 2.05) is 0 Å². The average Bonchev–Trinajstić information content (AvgIpc) is 2.48. The molecular formula is C16H26BrN3O. The highest BCUT2D eigenvalue weighted by atomic mass is 79.9. The zero-order valence-electron chi connectivity index (χ0n) is 13.2. The van der Waals surface area contributed by atoms with Gasteiger partial charge >= 0.3 is 0 Å². The molecule has 0 saturated carbocycles. The molecule has 1 aromatic carbocycles. The third kappa shape index (κ3) is 6.06. The Labute approximate surface area is 136 Å². The monoisotopic (exact) mass is 355 g/mol. The van der Waals surface area contributed by atoms with Crippen molar-refractivity contribution >= 4 is 27.5 Å². The van der Waals surface area contributed by atoms with Crippen LogP contribution in [0.15, 0.2) is 22.7 Å². The van der Waals surface area contributed by atoms with Gasteiger partial charge in [-0.25, -0.2) is 0 Å². The maximum absolute atomic E-state index is 11.7. The Bertz CT molecular complexity index is 451. The van der Waals surface area contributed by atoms with E-state index in [2.05, 4.69) is 63.5 Å². The first kappa shape index (κ1) is 18.0. The molecule has 0 fully saturated rings. The van der Waals surface area contributed by atoms with Gasteiger partial charge in [0.25, 0.3) is 0 Å². The largest absolute Gasteiger partial charge is 0.362 e. The first-order valence-corrected chi connectivity index (χ1v) is 8.36. The molecule has 0 aliphatic rings. The number of nitrogens with one attached hydrogen (secondary N) is 2. The van der Waals surface area contributed by atoms with Crippen LogP contribution >= 0.6 is 15.9 Å². The van der Waals surface area contributed by atoms with Crippen LogP contribution in [0.4, 0.5) is 5.69 Å². The van der Waals surface area contributed by atoms with E-state index in [1.54, 1.807) is 7.05 Å². The lowest BCUT2D eigenvalue weighted by molar-refractivity contribution is -0.119. The highest BCUT2D eigenvalue weighted by Gasteiger charge is 2.14. The van der Waals surface area contributed by atoms with E-state index in [0.717, 1.165) is 42.6 Å². The molecule has 0 atom stereocenters. The number of amides is 1. The van der Waals surface area contributed by atoms with E-state index >= 15 is 0 Å². The number of likely N-dealkylation sites (N-methyl/N-ethyl adjacent to an activating group) is 1. The summed E-state index contributed by atoms with van der Waals surface area (Å²) < 4.78 is 1.04. The van der Waals surface area contributed by atoms with E-state index in [4.69, 9.17) is 0 Å². The number of nitrogens with zero attached hydrogens (tertiary/aromatic N) is 1. The van der Waals surface area contributed by atoms with E-state index in [-0.39, 0.29) is 5.91 Å². The van der Waals surface area contributed by atoms with Gasteiger partial charge in [0.15, 0.2) is 0 Å². The number of halogens is 1. The number of benzene rings is 1. The van der Waals surface area contributed by atoms with Crippen molar-refractivity contribution in [3.8, 4) is 0 Å². The van der Waals surface area contributed by atoms with E-state index in [0.29, 0.717) is 6.54 Å². The van der Waals surface area contributed by atoms with Gasteiger partial charge < -0.3 is 15.5 Å². The summed E-state index contributed by atoms with van der Waals surface area (Å²) in [4.78, 5) is 13.9. The maximum atomic E-state index is 11.7. The van der Waals surface area contributed by atoms with Crippen LogP contribution in [-0.2, 0) is 11.3 Å². The summed E-state index contributed by atoms with van der Waals surface area (Å²) in [5.74, 6) is 0.0379. The summed E-state index contributed by atoms with van der Waals surface area (Å²) in [5.41, 5.74) is 2.35. The standard InChI is InChI=1S/C16H26BrN3O/c1-4-8-19-11-13-6-7-14(17)10-15(13)20(9-5-2)12-16(21)18-3/h6-7,10,19H,4-5,8-9,11-12H2,1-3H3,(H,18,21). The molecular weight excluding hydrogens is 330 g/mol. The molecule has 1 rings (SSSR count). The molecule has 0 aliphatic heterocycles. The van der Waals surface area contributed by atoms with Crippen LogP contribution < -0.4 is 15.5 Å². The number of carbonyl (C=O) groups is 1. The van der Waals surface area contributed by atoms with Crippen LogP contribution in [0.5, 0.6) is 0 Å². The summed E-state index contributed by atoms with van der Waals surface area (Å²) in [7, 11) is 1.68. The summed E-state index contributed by atoms with van der Waals surface area (Å²) >= 11 is 3.53. The van der Waals surface area contributed by atoms with Gasteiger partial charge in [-0.1, -0.05) is 35.8 Å². The lowest BCUT2D eigenvalue weighted by Gasteiger charge is -2.26. The van der Waals surface area contributed by atoms with Crippen molar-refractivity contribution in [2.75, 3.05) is 31.6 Å². The smallest absolute Gasteiger partial charge is 0.239 e. The summed E-state index contributed by atoms with van der Waals surface area (Å²) in [5, 5.41) is 6.14. The Morgan fingerprint density at radius 1 is 1.29 bits per heavy atom. The van der Waals surface area contributed by atoms with Crippen LogP contribution in [-0.4, -0.2) is 32.6 Å². The van der Waals surface area contributed by atoms with Crippen molar-refractivity contribution in [1.29, 1.82) is 0 Å². The van der Waals surface area contributed by atoms with Gasteiger partial charge in [0.2, 0.25) is 5.91 Å². The molecule has 0 radical (unpaired) electrons. The van der Waals surface area contributed by atoms with E-state index < -0.39 is 0 Å². The van der Waals surface area contributed by atoms with Gasteiger partial charge in [-0.15, -0.1) is 0 Å². The normalized spacial score (nSPS) is 10.5. The molecule has 5 heteroatoms. The Morgan fingerprint density at radius 3 is 2.67 bits per heavy atom. The second kappa shape index (κ2) is 9.79. The molecule has 118 valence electrons. The SMILES string of the molecule is CCCNCc1ccc(Br)cc1N(CCC)CC(=O)NC. The number of hydrogen-bond acceptors (Lipinski definition) is 3. The molecule has 21 heavy (non-hydrogen) atoms. The minimum absolute atomic E-state index is 0.0379. The summed E-state index contributed by atoms with van der Waals surface area (Å²) in [6.45, 7) is 7.36. The molecule has 2 N–H and O–H groups in total. The van der Waals surface area contributed by atoms with Crippen LogP contribution in [0.1, 0.15) is 32.3 Å². The second-order valence-corrected chi connectivity index (χ2v) is 5.96. The van der Waals surface area contributed by atoms with Gasteiger partial charge in [-0.2, -0.15) is 0 Å². The van der Waals surface area contributed by atoms with E-state index in [9.17, 15) is 4.79 Å². The third-order valence-corrected chi connectivity index (χ3v) is 3.73. The second-order valence-electron chi connectivity index (χ2n) is 5.04. The van der Waals surface area contributed by atoms with Crippen molar-refractivity contribution in [3.63, 3.8) is 0 Å². The van der Waals surface area contributed by atoms with Gasteiger partial charge in [-0.3, -0.25) is 4.79 Å². The summed E-state index contributed by atoms with van der Waals surface area (Å²) in [6.07, 6.45) is 2.12. The molecule has 1 amide bonds. The molecule has 1 aromatic rings. The molecule has 0 aliphatic carbocycles. The third-order valence-electron chi connectivity index (χ3n) is 3.24. The van der Waals surface area contributed by atoms with Crippen molar-refractivity contribution in [2.24, 2.45) is 0 Å². The predicted molar refractivity (Wildman–Crippen MR) is 92.7 cm³/mol. The van der Waals surface area contributed by atoms with Crippen LogP contribution in [0, 0.1) is 0 Å². The average molecular weight is 356 g/mol. The minimum Gasteiger partial charge on any atom is -0.362 e. The van der Waals surface area contributed by atoms with Crippen molar-refractivity contribution in [2.45, 2.75) is 33.2 Å². The maximum Gasteiger partial charge on any atom is 0.239 e. The Balaban J connectivity index is 2.97. The fourth-order valence-electron chi connectivity index (χ4n) is 2.19. The first-order valence-electron chi connectivity index (χ1n) is 7.57. The molecule has 0 spiro atoms. The fourth-order valence-corrected chi connectivity index (χ4v) is 2.54. The van der Waals surface area contributed by atoms with Crippen molar-refractivity contribution < 1.29 is 4.79 Å². The molecule has 0 bridgehead atoms. The molecule has 0 heterocycles. The topological polar surface area (TPSA) is 44.4 Å². The molecule has 0 aromatic heterocycles. The zero-order chi connectivity index (χ0) is 15.7. The lowest BCUT2D eigenvalue weighted by atomic mass is 10.1. The Morgan fingerprint density at radius 2 is 2.05 bits per heavy atom. The quantitative estimate of drug-likeness (QED) is 0.669. The predicted octanol–water partition coefficient (Wildman–Crippen LogP) is 2.91. The molecule has 0 saturated heterocycles. The Hall–Kier alpha value is -1.07. The van der Waals surface area contributed by atoms with Crippen molar-refractivity contribution in [1.82, 2.24) is 10.6 Å². The van der Waals surface area contributed by atoms with Crippen molar-refractivity contribution in [3.05, 3.63) is 28.2 Å². The first-order chi connectivity index (χ1) is 10.1. The highest BCUT2D eigenvalue weighted by molar-refractivity contribution is 9.10. The van der Waals surface area contributed by atoms with Gasteiger partial charge in [0.1, 0.15) is 0 Å². The number of carbonyl (C=O) groups excluding carboxylic acids is 1.